The molecule has 0 bridgehead atoms. The molecule has 1 amide bonds. The van der Waals surface area contributed by atoms with Gasteiger partial charge in [-0.3, -0.25) is 9.36 Å². The number of piperazine rings is 1. The molecule has 2 heterocycles. The number of rotatable bonds is 6. The van der Waals surface area contributed by atoms with Crippen molar-refractivity contribution in [3.05, 3.63) is 66.5 Å². The predicted molar refractivity (Wildman–Crippen MR) is 117 cm³/mol. The van der Waals surface area contributed by atoms with Crippen molar-refractivity contribution in [2.75, 3.05) is 36.8 Å². The van der Waals surface area contributed by atoms with E-state index in [1.807, 2.05) is 45.9 Å². The van der Waals surface area contributed by atoms with E-state index in [2.05, 4.69) is 46.3 Å². The van der Waals surface area contributed by atoms with Crippen molar-refractivity contribution >= 4 is 23.4 Å². The molecular formula is C22H25N5OS. The van der Waals surface area contributed by atoms with E-state index in [4.69, 9.17) is 0 Å². The van der Waals surface area contributed by atoms with Gasteiger partial charge in [-0.25, -0.2) is 0 Å². The van der Waals surface area contributed by atoms with E-state index in [1.165, 1.54) is 17.4 Å². The normalized spacial score (nSPS) is 14.2. The molecule has 29 heavy (non-hydrogen) atoms. The lowest BCUT2D eigenvalue weighted by Gasteiger charge is -2.36. The smallest absolute Gasteiger partial charge is 0.233 e. The second-order valence-electron chi connectivity index (χ2n) is 6.92. The number of hydrogen-bond donors (Lipinski definition) is 0. The number of carbonyl (C=O) groups is 1. The van der Waals surface area contributed by atoms with E-state index >= 15 is 0 Å². The molecule has 3 aromatic rings. The predicted octanol–water partition coefficient (Wildman–Crippen LogP) is 3.27. The zero-order chi connectivity index (χ0) is 20.1. The Morgan fingerprint density at radius 3 is 2.14 bits per heavy atom. The van der Waals surface area contributed by atoms with Crippen LogP contribution in [-0.2, 0) is 11.2 Å². The molecule has 0 atom stereocenters. The molecule has 7 heteroatoms. The SMILES string of the molecule is CCc1nnc(SCC(=O)N2CCN(c3ccccc3)CC2)n1-c1ccccc1. The Balaban J connectivity index is 1.37. The fourth-order valence-electron chi connectivity index (χ4n) is 3.53. The van der Waals surface area contributed by atoms with Gasteiger partial charge in [-0.2, -0.15) is 0 Å². The van der Waals surface area contributed by atoms with Crippen LogP contribution in [0.2, 0.25) is 0 Å². The van der Waals surface area contributed by atoms with Crippen LogP contribution in [0.5, 0.6) is 0 Å². The third-order valence-electron chi connectivity index (χ3n) is 5.11. The standard InChI is InChI=1S/C22H25N5OS/c1-2-20-23-24-22(27(20)19-11-7-4-8-12-19)29-17-21(28)26-15-13-25(14-16-26)18-9-5-3-6-10-18/h3-12H,2,13-17H2,1H3. The molecule has 1 fully saturated rings. The second kappa shape index (κ2) is 9.13. The average Bonchev–Trinajstić information content (AvgIpc) is 3.22. The molecule has 1 saturated heterocycles. The van der Waals surface area contributed by atoms with Crippen LogP contribution in [-0.4, -0.2) is 57.5 Å². The van der Waals surface area contributed by atoms with Crippen LogP contribution < -0.4 is 4.90 Å². The van der Waals surface area contributed by atoms with E-state index in [-0.39, 0.29) is 5.91 Å². The van der Waals surface area contributed by atoms with Crippen LogP contribution in [0, 0.1) is 0 Å². The molecule has 0 aliphatic carbocycles. The van der Waals surface area contributed by atoms with Gasteiger partial charge in [0.05, 0.1) is 5.75 Å². The Hall–Kier alpha value is -2.80. The molecule has 1 aliphatic heterocycles. The van der Waals surface area contributed by atoms with E-state index in [1.54, 1.807) is 0 Å². The molecular weight excluding hydrogens is 382 g/mol. The van der Waals surface area contributed by atoms with Gasteiger partial charge in [0.1, 0.15) is 5.82 Å². The molecule has 4 rings (SSSR count). The van der Waals surface area contributed by atoms with Crippen LogP contribution in [0.1, 0.15) is 12.7 Å². The first-order valence-corrected chi connectivity index (χ1v) is 10.9. The summed E-state index contributed by atoms with van der Waals surface area (Å²) < 4.78 is 2.05. The first-order valence-electron chi connectivity index (χ1n) is 9.96. The molecule has 0 saturated carbocycles. The van der Waals surface area contributed by atoms with Gasteiger partial charge in [0.15, 0.2) is 5.16 Å². The zero-order valence-electron chi connectivity index (χ0n) is 16.6. The molecule has 0 radical (unpaired) electrons. The average molecular weight is 408 g/mol. The third-order valence-corrected chi connectivity index (χ3v) is 6.02. The van der Waals surface area contributed by atoms with Crippen molar-refractivity contribution in [2.24, 2.45) is 0 Å². The Bertz CT molecular complexity index is 936. The van der Waals surface area contributed by atoms with Gasteiger partial charge in [0.25, 0.3) is 0 Å². The van der Waals surface area contributed by atoms with Crippen LogP contribution in [0.25, 0.3) is 5.69 Å². The summed E-state index contributed by atoms with van der Waals surface area (Å²) >= 11 is 1.46. The summed E-state index contributed by atoms with van der Waals surface area (Å²) in [6, 6.07) is 20.4. The van der Waals surface area contributed by atoms with Gasteiger partial charge in [0.2, 0.25) is 5.91 Å². The van der Waals surface area contributed by atoms with Gasteiger partial charge in [0, 0.05) is 44.0 Å². The molecule has 2 aromatic carbocycles. The number of amides is 1. The van der Waals surface area contributed by atoms with Gasteiger partial charge >= 0.3 is 0 Å². The number of aromatic nitrogens is 3. The van der Waals surface area contributed by atoms with Crippen LogP contribution in [0.15, 0.2) is 65.8 Å². The van der Waals surface area contributed by atoms with Gasteiger partial charge in [-0.15, -0.1) is 10.2 Å². The maximum atomic E-state index is 12.8. The summed E-state index contributed by atoms with van der Waals surface area (Å²) in [5.74, 6) is 1.44. The highest BCUT2D eigenvalue weighted by molar-refractivity contribution is 7.99. The van der Waals surface area contributed by atoms with E-state index in [0.29, 0.717) is 5.75 Å². The Morgan fingerprint density at radius 1 is 0.897 bits per heavy atom. The molecule has 1 aliphatic rings. The maximum Gasteiger partial charge on any atom is 0.233 e. The summed E-state index contributed by atoms with van der Waals surface area (Å²) in [6.45, 7) is 5.29. The monoisotopic (exact) mass is 407 g/mol. The first kappa shape index (κ1) is 19.5. The second-order valence-corrected chi connectivity index (χ2v) is 7.86. The molecule has 0 spiro atoms. The Kier molecular flexibility index (Phi) is 6.14. The van der Waals surface area contributed by atoms with Crippen molar-refractivity contribution in [3.8, 4) is 5.69 Å². The van der Waals surface area contributed by atoms with Crippen molar-refractivity contribution in [2.45, 2.75) is 18.5 Å². The van der Waals surface area contributed by atoms with Crippen LogP contribution >= 0.6 is 11.8 Å². The number of para-hydroxylation sites is 2. The zero-order valence-corrected chi connectivity index (χ0v) is 17.4. The Morgan fingerprint density at radius 2 is 1.52 bits per heavy atom. The number of nitrogens with zero attached hydrogens (tertiary/aromatic N) is 5. The summed E-state index contributed by atoms with van der Waals surface area (Å²) in [6.07, 6.45) is 0.790. The quantitative estimate of drug-likeness (QED) is 0.587. The largest absolute Gasteiger partial charge is 0.368 e. The Labute approximate surface area is 175 Å². The first-order chi connectivity index (χ1) is 14.3. The summed E-state index contributed by atoms with van der Waals surface area (Å²) in [5.41, 5.74) is 2.25. The van der Waals surface area contributed by atoms with Crippen molar-refractivity contribution in [1.29, 1.82) is 0 Å². The van der Waals surface area contributed by atoms with Gasteiger partial charge in [-0.1, -0.05) is 55.1 Å². The molecule has 1 aromatic heterocycles. The van der Waals surface area contributed by atoms with Crippen LogP contribution in [0.4, 0.5) is 5.69 Å². The lowest BCUT2D eigenvalue weighted by Crippen LogP contribution is -2.49. The van der Waals surface area contributed by atoms with E-state index in [9.17, 15) is 4.79 Å². The minimum Gasteiger partial charge on any atom is -0.368 e. The van der Waals surface area contributed by atoms with Crippen molar-refractivity contribution in [3.63, 3.8) is 0 Å². The molecule has 6 nitrogen and oxygen atoms in total. The number of hydrogen-bond acceptors (Lipinski definition) is 5. The van der Waals surface area contributed by atoms with Crippen molar-refractivity contribution in [1.82, 2.24) is 19.7 Å². The highest BCUT2D eigenvalue weighted by atomic mass is 32.2. The van der Waals surface area contributed by atoms with E-state index < -0.39 is 0 Å². The maximum absolute atomic E-state index is 12.8. The fraction of sp³-hybridized carbons (Fsp3) is 0.318. The summed E-state index contributed by atoms with van der Waals surface area (Å²) in [4.78, 5) is 17.1. The highest BCUT2D eigenvalue weighted by Crippen LogP contribution is 2.23. The minimum absolute atomic E-state index is 0.156. The highest BCUT2D eigenvalue weighted by Gasteiger charge is 2.22. The van der Waals surface area contributed by atoms with Crippen molar-refractivity contribution < 1.29 is 4.79 Å². The molecule has 0 N–H and O–H groups in total. The third kappa shape index (κ3) is 4.45. The molecule has 0 unspecified atom stereocenters. The number of anilines is 1. The topological polar surface area (TPSA) is 54.3 Å². The number of carbonyl (C=O) groups excluding carboxylic acids is 1. The van der Waals surface area contributed by atoms with E-state index in [0.717, 1.165) is 49.3 Å². The van der Waals surface area contributed by atoms with Gasteiger partial charge in [-0.05, 0) is 24.3 Å². The molecule has 150 valence electrons. The summed E-state index contributed by atoms with van der Waals surface area (Å²) in [7, 11) is 0. The van der Waals surface area contributed by atoms with Gasteiger partial charge < -0.3 is 9.80 Å². The fourth-order valence-corrected chi connectivity index (χ4v) is 4.40. The van der Waals surface area contributed by atoms with Crippen LogP contribution in [0.3, 0.4) is 0 Å². The lowest BCUT2D eigenvalue weighted by atomic mass is 10.2. The number of aryl methyl sites for hydroxylation is 1. The lowest BCUT2D eigenvalue weighted by molar-refractivity contribution is -0.128. The summed E-state index contributed by atoms with van der Waals surface area (Å²) in [5, 5.41) is 9.40. The number of thioether (sulfide) groups is 1. The number of benzene rings is 2. The minimum atomic E-state index is 0.156.